The van der Waals surface area contributed by atoms with Gasteiger partial charge in [0, 0.05) is 6.07 Å². The number of rotatable bonds is 6. The van der Waals surface area contributed by atoms with E-state index < -0.39 is 0 Å². The van der Waals surface area contributed by atoms with Gasteiger partial charge in [-0.05, 0) is 40.5 Å². The first-order chi connectivity index (χ1) is 11.1. The minimum atomic E-state index is -0.292. The number of ether oxygens (including phenoxy) is 2. The molecule has 0 atom stereocenters. The highest BCUT2D eigenvalue weighted by molar-refractivity contribution is 9.10. The molecule has 0 bridgehead atoms. The van der Waals surface area contributed by atoms with Crippen molar-refractivity contribution in [1.29, 1.82) is 0 Å². The zero-order chi connectivity index (χ0) is 16.7. The highest BCUT2D eigenvalue weighted by Crippen LogP contribution is 2.29. The summed E-state index contributed by atoms with van der Waals surface area (Å²) in [6.45, 7) is 2.14. The number of nitrogens with zero attached hydrogens (tertiary/aromatic N) is 1. The first kappa shape index (κ1) is 17.2. The molecule has 0 amide bonds. The number of carbonyl (C=O) groups excluding carboxylic acids is 1. The number of aliphatic imine (C=N–C) groups is 1. The predicted octanol–water partition coefficient (Wildman–Crippen LogP) is 4.53. The second kappa shape index (κ2) is 8.48. The van der Waals surface area contributed by atoms with E-state index >= 15 is 0 Å². The van der Waals surface area contributed by atoms with Gasteiger partial charge in [0.05, 0.1) is 36.0 Å². The minimum absolute atomic E-state index is 0.121. The number of halogens is 1. The molecule has 23 heavy (non-hydrogen) atoms. The molecule has 0 unspecified atom stereocenters. The molecule has 120 valence electrons. The van der Waals surface area contributed by atoms with Crippen LogP contribution >= 0.6 is 15.9 Å². The van der Waals surface area contributed by atoms with Crippen LogP contribution in [0.1, 0.15) is 18.9 Å². The highest BCUT2D eigenvalue weighted by atomic mass is 79.9. The van der Waals surface area contributed by atoms with E-state index in [1.54, 1.807) is 14.0 Å². The van der Waals surface area contributed by atoms with E-state index in [1.807, 2.05) is 48.5 Å². The van der Waals surface area contributed by atoms with Crippen molar-refractivity contribution in [1.82, 2.24) is 0 Å². The summed E-state index contributed by atoms with van der Waals surface area (Å²) in [6.07, 6.45) is 0.121. The number of carbonyl (C=O) groups is 1. The summed E-state index contributed by atoms with van der Waals surface area (Å²) in [7, 11) is 1.60. The first-order valence-corrected chi connectivity index (χ1v) is 8.05. The maximum Gasteiger partial charge on any atom is 0.311 e. The summed E-state index contributed by atoms with van der Waals surface area (Å²) in [6, 6.07) is 15.1. The maximum absolute atomic E-state index is 11.9. The largest absolute Gasteiger partial charge is 0.495 e. The van der Waals surface area contributed by atoms with Gasteiger partial charge >= 0.3 is 5.97 Å². The predicted molar refractivity (Wildman–Crippen MR) is 94.6 cm³/mol. The van der Waals surface area contributed by atoms with E-state index in [-0.39, 0.29) is 12.4 Å². The molecule has 0 aliphatic rings. The van der Waals surface area contributed by atoms with Crippen LogP contribution in [0.2, 0.25) is 0 Å². The van der Waals surface area contributed by atoms with Crippen LogP contribution in [0.4, 0.5) is 5.69 Å². The van der Waals surface area contributed by atoms with E-state index in [0.717, 1.165) is 10.0 Å². The lowest BCUT2D eigenvalue weighted by Gasteiger charge is -2.08. The lowest BCUT2D eigenvalue weighted by molar-refractivity contribution is -0.141. The smallest absolute Gasteiger partial charge is 0.311 e. The maximum atomic E-state index is 11.9. The van der Waals surface area contributed by atoms with Crippen molar-refractivity contribution in [2.24, 2.45) is 4.99 Å². The second-order valence-electron chi connectivity index (χ2n) is 4.73. The lowest BCUT2D eigenvalue weighted by Crippen LogP contribution is -2.12. The van der Waals surface area contributed by atoms with Crippen LogP contribution in [-0.4, -0.2) is 25.4 Å². The van der Waals surface area contributed by atoms with Gasteiger partial charge < -0.3 is 9.47 Å². The van der Waals surface area contributed by atoms with Crippen LogP contribution in [-0.2, 0) is 9.53 Å². The minimum Gasteiger partial charge on any atom is -0.495 e. The molecule has 0 aliphatic heterocycles. The first-order valence-electron chi connectivity index (χ1n) is 7.26. The SMILES string of the molecule is CCOC(=O)CC(=Nc1ccc(Br)c(OC)c1)c1ccccc1. The monoisotopic (exact) mass is 375 g/mol. The van der Waals surface area contributed by atoms with Gasteiger partial charge in [-0.3, -0.25) is 9.79 Å². The summed E-state index contributed by atoms with van der Waals surface area (Å²) in [5.74, 6) is 0.397. The van der Waals surface area contributed by atoms with Crippen molar-refractivity contribution in [3.63, 3.8) is 0 Å². The Hall–Kier alpha value is -2.14. The van der Waals surface area contributed by atoms with Crippen LogP contribution in [0.25, 0.3) is 0 Å². The molecular formula is C18H18BrNO3. The summed E-state index contributed by atoms with van der Waals surface area (Å²) in [5, 5.41) is 0. The van der Waals surface area contributed by atoms with E-state index in [1.165, 1.54) is 0 Å². The molecule has 0 heterocycles. The molecule has 0 radical (unpaired) electrons. The zero-order valence-electron chi connectivity index (χ0n) is 13.1. The summed E-state index contributed by atoms with van der Waals surface area (Å²) in [5.41, 5.74) is 2.27. The van der Waals surface area contributed by atoms with Crippen molar-refractivity contribution >= 4 is 33.3 Å². The van der Waals surface area contributed by atoms with E-state index in [0.29, 0.717) is 23.8 Å². The average Bonchev–Trinajstić information content (AvgIpc) is 2.57. The number of benzene rings is 2. The topological polar surface area (TPSA) is 47.9 Å². The molecule has 0 saturated heterocycles. The molecular weight excluding hydrogens is 358 g/mol. The third-order valence-corrected chi connectivity index (χ3v) is 3.78. The van der Waals surface area contributed by atoms with Crippen LogP contribution in [0, 0.1) is 0 Å². The van der Waals surface area contributed by atoms with Gasteiger partial charge in [0.1, 0.15) is 5.75 Å². The van der Waals surface area contributed by atoms with E-state index in [4.69, 9.17) is 9.47 Å². The summed E-state index contributed by atoms with van der Waals surface area (Å²) < 4.78 is 11.2. The van der Waals surface area contributed by atoms with Crippen LogP contribution in [0.15, 0.2) is 58.0 Å². The van der Waals surface area contributed by atoms with Gasteiger partial charge in [0.2, 0.25) is 0 Å². The van der Waals surface area contributed by atoms with E-state index in [2.05, 4.69) is 20.9 Å². The lowest BCUT2D eigenvalue weighted by atomic mass is 10.1. The van der Waals surface area contributed by atoms with Crippen LogP contribution in [0.5, 0.6) is 5.75 Å². The Balaban J connectivity index is 2.38. The third-order valence-electron chi connectivity index (χ3n) is 3.12. The Morgan fingerprint density at radius 2 is 1.91 bits per heavy atom. The molecule has 5 heteroatoms. The van der Waals surface area contributed by atoms with Gasteiger partial charge in [0.15, 0.2) is 0 Å². The Morgan fingerprint density at radius 1 is 1.17 bits per heavy atom. The normalized spacial score (nSPS) is 11.2. The molecule has 2 aromatic carbocycles. The number of hydrogen-bond acceptors (Lipinski definition) is 4. The number of esters is 1. The Labute approximate surface area is 144 Å². The van der Waals surface area contributed by atoms with Crippen molar-refractivity contribution in [3.8, 4) is 5.75 Å². The van der Waals surface area contributed by atoms with Gasteiger partial charge in [-0.15, -0.1) is 0 Å². The fourth-order valence-electron chi connectivity index (χ4n) is 2.06. The molecule has 0 aromatic heterocycles. The van der Waals surface area contributed by atoms with Gasteiger partial charge in [-0.25, -0.2) is 0 Å². The second-order valence-corrected chi connectivity index (χ2v) is 5.58. The molecule has 2 aromatic rings. The molecule has 2 rings (SSSR count). The molecule has 0 fully saturated rings. The Bertz CT molecular complexity index is 699. The van der Waals surface area contributed by atoms with Gasteiger partial charge in [0.25, 0.3) is 0 Å². The zero-order valence-corrected chi connectivity index (χ0v) is 14.7. The fourth-order valence-corrected chi connectivity index (χ4v) is 2.47. The Kier molecular flexibility index (Phi) is 6.35. The molecule has 0 N–H and O–H groups in total. The molecule has 0 spiro atoms. The fraction of sp³-hybridized carbons (Fsp3) is 0.222. The number of methoxy groups -OCH3 is 1. The van der Waals surface area contributed by atoms with Crippen LogP contribution < -0.4 is 4.74 Å². The van der Waals surface area contributed by atoms with Crippen molar-refractivity contribution in [2.45, 2.75) is 13.3 Å². The highest BCUT2D eigenvalue weighted by Gasteiger charge is 2.11. The number of hydrogen-bond donors (Lipinski definition) is 0. The molecule has 0 aliphatic carbocycles. The van der Waals surface area contributed by atoms with E-state index in [9.17, 15) is 4.79 Å². The van der Waals surface area contributed by atoms with Crippen LogP contribution in [0.3, 0.4) is 0 Å². The van der Waals surface area contributed by atoms with Crippen molar-refractivity contribution < 1.29 is 14.3 Å². The average molecular weight is 376 g/mol. The Morgan fingerprint density at radius 3 is 2.57 bits per heavy atom. The van der Waals surface area contributed by atoms with Gasteiger partial charge in [-0.1, -0.05) is 30.3 Å². The van der Waals surface area contributed by atoms with Crippen molar-refractivity contribution in [2.75, 3.05) is 13.7 Å². The summed E-state index contributed by atoms with van der Waals surface area (Å²) >= 11 is 3.41. The molecule has 0 saturated carbocycles. The summed E-state index contributed by atoms with van der Waals surface area (Å²) in [4.78, 5) is 16.5. The standard InChI is InChI=1S/C18H18BrNO3/c1-3-23-18(21)12-16(13-7-5-4-6-8-13)20-14-9-10-15(19)17(11-14)22-2/h4-11H,3,12H2,1-2H3. The molecule has 4 nitrogen and oxygen atoms in total. The van der Waals surface area contributed by atoms with Gasteiger partial charge in [-0.2, -0.15) is 0 Å². The third kappa shape index (κ3) is 4.93. The van der Waals surface area contributed by atoms with Crippen molar-refractivity contribution in [3.05, 3.63) is 58.6 Å². The quantitative estimate of drug-likeness (QED) is 0.550.